The third kappa shape index (κ3) is 7.06. The Balaban J connectivity index is 3.15. The van der Waals surface area contributed by atoms with E-state index in [9.17, 15) is 4.79 Å². The lowest BCUT2D eigenvalue weighted by Crippen LogP contribution is -2.28. The van der Waals surface area contributed by atoms with Gasteiger partial charge in [-0.2, -0.15) is 0 Å². The summed E-state index contributed by atoms with van der Waals surface area (Å²) in [5.74, 6) is 2.10. The topological polar surface area (TPSA) is 64.3 Å². The van der Waals surface area contributed by atoms with Crippen molar-refractivity contribution in [3.63, 3.8) is 0 Å². The fourth-order valence-corrected chi connectivity index (χ4v) is 0.551. The maximum Gasteiger partial charge on any atom is 0.246 e. The number of carbonyl (C=O) groups is 1. The fourth-order valence-electron chi connectivity index (χ4n) is 0.551. The van der Waals surface area contributed by atoms with Crippen LogP contribution in [0.1, 0.15) is 6.42 Å². The van der Waals surface area contributed by atoms with E-state index < -0.39 is 0 Å². The van der Waals surface area contributed by atoms with Gasteiger partial charge >= 0.3 is 0 Å². The quantitative estimate of drug-likeness (QED) is 0.401. The molecule has 0 saturated heterocycles. The second kappa shape index (κ2) is 8.05. The Morgan fingerprint density at radius 1 is 1.67 bits per heavy atom. The summed E-state index contributed by atoms with van der Waals surface area (Å²) in [7, 11) is 0. The summed E-state index contributed by atoms with van der Waals surface area (Å²) in [6.45, 7) is 1.40. The summed E-state index contributed by atoms with van der Waals surface area (Å²) in [5.41, 5.74) is 5.22. The minimum Gasteiger partial charge on any atom is -0.372 e. The van der Waals surface area contributed by atoms with E-state index in [4.69, 9.17) is 16.9 Å². The second-order valence-electron chi connectivity index (χ2n) is 2.18. The zero-order valence-corrected chi connectivity index (χ0v) is 7.01. The Morgan fingerprint density at radius 3 is 3.00 bits per heavy atom. The van der Waals surface area contributed by atoms with Crippen molar-refractivity contribution < 1.29 is 9.53 Å². The van der Waals surface area contributed by atoms with Crippen molar-refractivity contribution >= 4 is 5.91 Å². The first kappa shape index (κ1) is 11.0. The zero-order chi connectivity index (χ0) is 9.23. The highest BCUT2D eigenvalue weighted by molar-refractivity contribution is 5.77. The van der Waals surface area contributed by atoms with E-state index in [1.54, 1.807) is 0 Å². The number of hydrogen-bond donors (Lipinski definition) is 2. The van der Waals surface area contributed by atoms with Crippen LogP contribution >= 0.6 is 0 Å². The van der Waals surface area contributed by atoms with Crippen molar-refractivity contribution in [1.82, 2.24) is 5.32 Å². The van der Waals surface area contributed by atoms with Crippen LogP contribution in [-0.4, -0.2) is 32.2 Å². The smallest absolute Gasteiger partial charge is 0.246 e. The first-order valence-electron chi connectivity index (χ1n) is 3.79. The molecule has 0 radical (unpaired) electrons. The van der Waals surface area contributed by atoms with Crippen LogP contribution in [0.5, 0.6) is 0 Å². The van der Waals surface area contributed by atoms with Crippen molar-refractivity contribution in [2.24, 2.45) is 5.73 Å². The number of nitrogens with two attached hydrogens (primary N) is 1. The summed E-state index contributed by atoms with van der Waals surface area (Å²) < 4.78 is 4.97. The van der Waals surface area contributed by atoms with Gasteiger partial charge in [-0.15, -0.1) is 6.42 Å². The maximum atomic E-state index is 10.8. The summed E-state index contributed by atoms with van der Waals surface area (Å²) in [6, 6.07) is 0. The molecule has 0 aromatic carbocycles. The number of hydrogen-bond acceptors (Lipinski definition) is 3. The van der Waals surface area contributed by atoms with Gasteiger partial charge in [-0.1, -0.05) is 5.92 Å². The van der Waals surface area contributed by atoms with Crippen molar-refractivity contribution in [3.8, 4) is 12.3 Å². The molecular formula is C8H14N2O2. The van der Waals surface area contributed by atoms with Crippen LogP contribution in [0.4, 0.5) is 0 Å². The molecule has 68 valence electrons. The predicted molar refractivity (Wildman–Crippen MR) is 46.3 cm³/mol. The molecule has 0 fully saturated rings. The molecule has 0 unspecified atom stereocenters. The minimum absolute atomic E-state index is 0.0572. The SMILES string of the molecule is C#CCNC(=O)COCCCN. The van der Waals surface area contributed by atoms with E-state index >= 15 is 0 Å². The van der Waals surface area contributed by atoms with E-state index in [0.717, 1.165) is 6.42 Å². The Bertz CT molecular complexity index is 163. The molecule has 4 heteroatoms. The first-order chi connectivity index (χ1) is 5.81. The molecule has 0 rings (SSSR count). The van der Waals surface area contributed by atoms with Crippen LogP contribution in [0.2, 0.25) is 0 Å². The van der Waals surface area contributed by atoms with Gasteiger partial charge in [0, 0.05) is 6.61 Å². The third-order valence-electron chi connectivity index (χ3n) is 1.11. The second-order valence-corrected chi connectivity index (χ2v) is 2.18. The van der Waals surface area contributed by atoms with Gasteiger partial charge in [0.25, 0.3) is 0 Å². The average Bonchev–Trinajstić information content (AvgIpc) is 2.09. The van der Waals surface area contributed by atoms with E-state index in [1.165, 1.54) is 0 Å². The van der Waals surface area contributed by atoms with E-state index in [0.29, 0.717) is 13.2 Å². The maximum absolute atomic E-state index is 10.8. The molecule has 0 heterocycles. The number of nitrogens with one attached hydrogen (secondary N) is 1. The predicted octanol–water partition coefficient (Wildman–Crippen LogP) is -0.899. The van der Waals surface area contributed by atoms with Crippen LogP contribution in [0.3, 0.4) is 0 Å². The van der Waals surface area contributed by atoms with Crippen LogP contribution in [0.15, 0.2) is 0 Å². The first-order valence-corrected chi connectivity index (χ1v) is 3.79. The van der Waals surface area contributed by atoms with Crippen LogP contribution < -0.4 is 11.1 Å². The molecule has 3 N–H and O–H groups in total. The van der Waals surface area contributed by atoms with Crippen molar-refractivity contribution in [2.45, 2.75) is 6.42 Å². The number of terminal acetylenes is 1. The Hall–Kier alpha value is -1.05. The van der Waals surface area contributed by atoms with Crippen LogP contribution in [0, 0.1) is 12.3 Å². The highest BCUT2D eigenvalue weighted by Gasteiger charge is 1.97. The number of ether oxygens (including phenoxy) is 1. The standard InChI is InChI=1S/C8H14N2O2/c1-2-5-10-8(11)7-12-6-3-4-9/h1H,3-7,9H2,(H,10,11). The molecule has 12 heavy (non-hydrogen) atoms. The fraction of sp³-hybridized carbons (Fsp3) is 0.625. The zero-order valence-electron chi connectivity index (χ0n) is 7.01. The van der Waals surface area contributed by atoms with Gasteiger partial charge in [-0.3, -0.25) is 4.79 Å². The van der Waals surface area contributed by atoms with Gasteiger partial charge < -0.3 is 15.8 Å². The van der Waals surface area contributed by atoms with Gasteiger partial charge in [-0.05, 0) is 13.0 Å². The molecule has 0 saturated carbocycles. The highest BCUT2D eigenvalue weighted by Crippen LogP contribution is 1.79. The normalized spacial score (nSPS) is 9.00. The van der Waals surface area contributed by atoms with Gasteiger partial charge in [-0.25, -0.2) is 0 Å². The number of rotatable bonds is 6. The van der Waals surface area contributed by atoms with E-state index in [2.05, 4.69) is 11.2 Å². The van der Waals surface area contributed by atoms with E-state index in [1.807, 2.05) is 0 Å². The van der Waals surface area contributed by atoms with Crippen molar-refractivity contribution in [1.29, 1.82) is 0 Å². The van der Waals surface area contributed by atoms with Gasteiger partial charge in [0.2, 0.25) is 5.91 Å². The summed E-state index contributed by atoms with van der Waals surface area (Å²) in [4.78, 5) is 10.8. The summed E-state index contributed by atoms with van der Waals surface area (Å²) >= 11 is 0. The van der Waals surface area contributed by atoms with Gasteiger partial charge in [0.1, 0.15) is 6.61 Å². The molecule has 0 aromatic rings. The molecular weight excluding hydrogens is 156 g/mol. The van der Waals surface area contributed by atoms with Crippen LogP contribution in [0.25, 0.3) is 0 Å². The molecule has 0 bridgehead atoms. The molecule has 0 spiro atoms. The number of amides is 1. The molecule has 0 aliphatic carbocycles. The minimum atomic E-state index is -0.190. The highest BCUT2D eigenvalue weighted by atomic mass is 16.5. The summed E-state index contributed by atoms with van der Waals surface area (Å²) in [6.07, 6.45) is 5.70. The van der Waals surface area contributed by atoms with Crippen LogP contribution in [-0.2, 0) is 9.53 Å². The lowest BCUT2D eigenvalue weighted by molar-refractivity contribution is -0.125. The Morgan fingerprint density at radius 2 is 2.42 bits per heavy atom. The number of carbonyl (C=O) groups excluding carboxylic acids is 1. The Kier molecular flexibility index (Phi) is 7.35. The van der Waals surface area contributed by atoms with Crippen molar-refractivity contribution in [2.75, 3.05) is 26.3 Å². The molecule has 0 atom stereocenters. The van der Waals surface area contributed by atoms with Gasteiger partial charge in [0.05, 0.1) is 6.54 Å². The molecule has 0 aliphatic rings. The third-order valence-corrected chi connectivity index (χ3v) is 1.11. The lowest BCUT2D eigenvalue weighted by atomic mass is 10.5. The molecule has 0 aromatic heterocycles. The molecule has 0 aliphatic heterocycles. The summed E-state index contributed by atoms with van der Waals surface area (Å²) in [5, 5.41) is 2.48. The lowest BCUT2D eigenvalue weighted by Gasteiger charge is -2.02. The van der Waals surface area contributed by atoms with Crippen molar-refractivity contribution in [3.05, 3.63) is 0 Å². The average molecular weight is 170 g/mol. The Labute approximate surface area is 72.5 Å². The van der Waals surface area contributed by atoms with Gasteiger partial charge in [0.15, 0.2) is 0 Å². The monoisotopic (exact) mass is 170 g/mol. The molecule has 4 nitrogen and oxygen atoms in total. The van der Waals surface area contributed by atoms with E-state index in [-0.39, 0.29) is 19.1 Å². The largest absolute Gasteiger partial charge is 0.372 e. The molecule has 1 amide bonds.